The van der Waals surface area contributed by atoms with Crippen molar-refractivity contribution in [1.82, 2.24) is 0 Å². The highest BCUT2D eigenvalue weighted by atomic mass is 16.5. The molecule has 2 aromatic carbocycles. The molecule has 0 radical (unpaired) electrons. The Hall–Kier alpha value is -2.49. The Labute approximate surface area is 155 Å². The summed E-state index contributed by atoms with van der Waals surface area (Å²) >= 11 is 0. The fraction of sp³-hybridized carbons (Fsp3) is 0.409. The van der Waals surface area contributed by atoms with E-state index in [1.165, 1.54) is 11.1 Å². The fourth-order valence-corrected chi connectivity index (χ4v) is 4.02. The average molecular weight is 352 g/mol. The lowest BCUT2D eigenvalue weighted by molar-refractivity contribution is -0.150. The van der Waals surface area contributed by atoms with E-state index in [1.807, 2.05) is 31.2 Å². The second-order valence-corrected chi connectivity index (χ2v) is 7.27. The van der Waals surface area contributed by atoms with Crippen LogP contribution in [-0.4, -0.2) is 12.6 Å². The zero-order chi connectivity index (χ0) is 18.6. The van der Waals surface area contributed by atoms with Crippen molar-refractivity contribution in [3.63, 3.8) is 0 Å². The first-order valence-corrected chi connectivity index (χ1v) is 9.44. The zero-order valence-corrected chi connectivity index (χ0v) is 15.4. The monoisotopic (exact) mass is 352 g/mol. The topological polar surface area (TPSA) is 78.3 Å². The highest BCUT2D eigenvalue weighted by Gasteiger charge is 2.40. The van der Waals surface area contributed by atoms with Gasteiger partial charge in [0.1, 0.15) is 0 Å². The van der Waals surface area contributed by atoms with Crippen LogP contribution in [0.3, 0.4) is 0 Å². The number of hydrogen-bond donors (Lipinski definition) is 2. The SMILES string of the molecule is CCCOC(=O)C1CCC(c2ccc(N)cc2)(c2ccc(N)cc2)CC1. The molecule has 26 heavy (non-hydrogen) atoms. The van der Waals surface area contributed by atoms with Crippen LogP contribution in [0.5, 0.6) is 0 Å². The van der Waals surface area contributed by atoms with Crippen molar-refractivity contribution in [2.75, 3.05) is 18.1 Å². The largest absolute Gasteiger partial charge is 0.465 e. The third-order valence-corrected chi connectivity index (χ3v) is 5.55. The van der Waals surface area contributed by atoms with Crippen molar-refractivity contribution in [3.8, 4) is 0 Å². The fourth-order valence-electron chi connectivity index (χ4n) is 4.02. The second kappa shape index (κ2) is 7.81. The predicted molar refractivity (Wildman–Crippen MR) is 106 cm³/mol. The summed E-state index contributed by atoms with van der Waals surface area (Å²) < 4.78 is 5.37. The molecule has 1 saturated carbocycles. The van der Waals surface area contributed by atoms with Gasteiger partial charge in [-0.2, -0.15) is 0 Å². The Morgan fingerprint density at radius 3 is 1.85 bits per heavy atom. The van der Waals surface area contributed by atoms with Gasteiger partial charge in [-0.3, -0.25) is 4.79 Å². The predicted octanol–water partition coefficient (Wildman–Crippen LogP) is 4.28. The van der Waals surface area contributed by atoms with Crippen LogP contribution in [0.15, 0.2) is 48.5 Å². The summed E-state index contributed by atoms with van der Waals surface area (Å²) in [5, 5.41) is 0. The van der Waals surface area contributed by atoms with Crippen LogP contribution in [-0.2, 0) is 14.9 Å². The number of benzene rings is 2. The third-order valence-electron chi connectivity index (χ3n) is 5.55. The van der Waals surface area contributed by atoms with Gasteiger partial charge in [0.25, 0.3) is 0 Å². The summed E-state index contributed by atoms with van der Waals surface area (Å²) in [5.41, 5.74) is 15.7. The molecule has 0 spiro atoms. The first-order valence-electron chi connectivity index (χ1n) is 9.44. The van der Waals surface area contributed by atoms with E-state index in [1.54, 1.807) is 0 Å². The Morgan fingerprint density at radius 1 is 0.962 bits per heavy atom. The van der Waals surface area contributed by atoms with Crippen molar-refractivity contribution < 1.29 is 9.53 Å². The molecule has 0 amide bonds. The van der Waals surface area contributed by atoms with Crippen molar-refractivity contribution in [2.45, 2.75) is 44.4 Å². The molecule has 2 aromatic rings. The lowest BCUT2D eigenvalue weighted by atomic mass is 9.63. The number of carbonyl (C=O) groups excluding carboxylic acids is 1. The number of carbonyl (C=O) groups is 1. The molecule has 0 bridgehead atoms. The highest BCUT2D eigenvalue weighted by Crippen LogP contribution is 2.47. The van der Waals surface area contributed by atoms with Gasteiger partial charge in [-0.15, -0.1) is 0 Å². The van der Waals surface area contributed by atoms with Gasteiger partial charge in [0.2, 0.25) is 0 Å². The smallest absolute Gasteiger partial charge is 0.308 e. The summed E-state index contributed by atoms with van der Waals surface area (Å²) in [6.07, 6.45) is 4.34. The number of esters is 1. The summed E-state index contributed by atoms with van der Waals surface area (Å²) in [6.45, 7) is 2.53. The molecule has 0 aliphatic heterocycles. The van der Waals surface area contributed by atoms with E-state index in [0.29, 0.717) is 6.61 Å². The quantitative estimate of drug-likeness (QED) is 0.622. The molecule has 0 heterocycles. The van der Waals surface area contributed by atoms with Crippen LogP contribution in [0.4, 0.5) is 11.4 Å². The van der Waals surface area contributed by atoms with Crippen molar-refractivity contribution in [2.24, 2.45) is 5.92 Å². The molecule has 1 aliphatic carbocycles. The molecule has 0 aromatic heterocycles. The number of rotatable bonds is 5. The third kappa shape index (κ3) is 3.69. The number of nitrogen functional groups attached to an aromatic ring is 2. The van der Waals surface area contributed by atoms with Gasteiger partial charge >= 0.3 is 5.97 Å². The minimum atomic E-state index is -0.108. The van der Waals surface area contributed by atoms with E-state index in [0.717, 1.165) is 43.5 Å². The standard InChI is InChI=1S/C22H28N2O2/c1-2-15-26-21(25)16-11-13-22(14-12-16,17-3-7-19(23)8-4-17)18-5-9-20(24)10-6-18/h3-10,16H,2,11-15,23-24H2,1H3. The summed E-state index contributed by atoms with van der Waals surface area (Å²) in [5.74, 6) is -0.0488. The van der Waals surface area contributed by atoms with Gasteiger partial charge in [-0.25, -0.2) is 0 Å². The second-order valence-electron chi connectivity index (χ2n) is 7.27. The Morgan fingerprint density at radius 2 is 1.42 bits per heavy atom. The molecule has 1 fully saturated rings. The average Bonchev–Trinajstić information content (AvgIpc) is 2.67. The Balaban J connectivity index is 1.88. The van der Waals surface area contributed by atoms with Gasteiger partial charge in [0.15, 0.2) is 0 Å². The van der Waals surface area contributed by atoms with Gasteiger partial charge < -0.3 is 16.2 Å². The number of ether oxygens (including phenoxy) is 1. The molecule has 0 unspecified atom stereocenters. The lowest BCUT2D eigenvalue weighted by Crippen LogP contribution is -2.35. The summed E-state index contributed by atoms with van der Waals surface area (Å²) in [6, 6.07) is 16.3. The number of nitrogens with two attached hydrogens (primary N) is 2. The van der Waals surface area contributed by atoms with Crippen molar-refractivity contribution >= 4 is 17.3 Å². The highest BCUT2D eigenvalue weighted by molar-refractivity contribution is 5.72. The van der Waals surface area contributed by atoms with E-state index in [4.69, 9.17) is 16.2 Å². The van der Waals surface area contributed by atoms with Crippen LogP contribution in [0.25, 0.3) is 0 Å². The van der Waals surface area contributed by atoms with Crippen molar-refractivity contribution in [3.05, 3.63) is 59.7 Å². The zero-order valence-electron chi connectivity index (χ0n) is 15.4. The molecule has 0 atom stereocenters. The molecular weight excluding hydrogens is 324 g/mol. The first-order chi connectivity index (χ1) is 12.5. The minimum Gasteiger partial charge on any atom is -0.465 e. The van der Waals surface area contributed by atoms with Crippen LogP contribution >= 0.6 is 0 Å². The van der Waals surface area contributed by atoms with E-state index >= 15 is 0 Å². The summed E-state index contributed by atoms with van der Waals surface area (Å²) in [7, 11) is 0. The maximum atomic E-state index is 12.3. The van der Waals surface area contributed by atoms with Crippen LogP contribution in [0.1, 0.15) is 50.2 Å². The maximum absolute atomic E-state index is 12.3. The molecule has 4 N–H and O–H groups in total. The van der Waals surface area contributed by atoms with Gasteiger partial charge in [-0.1, -0.05) is 31.2 Å². The van der Waals surface area contributed by atoms with Gasteiger partial charge in [0.05, 0.1) is 12.5 Å². The lowest BCUT2D eigenvalue weighted by Gasteiger charge is -2.41. The van der Waals surface area contributed by atoms with Gasteiger partial charge in [-0.05, 0) is 67.5 Å². The first kappa shape index (κ1) is 18.3. The van der Waals surface area contributed by atoms with Crippen molar-refractivity contribution in [1.29, 1.82) is 0 Å². The van der Waals surface area contributed by atoms with Gasteiger partial charge in [0, 0.05) is 16.8 Å². The molecule has 138 valence electrons. The normalized spacial score (nSPS) is 17.0. The van der Waals surface area contributed by atoms with E-state index in [9.17, 15) is 4.79 Å². The van der Waals surface area contributed by atoms with Crippen LogP contribution < -0.4 is 11.5 Å². The maximum Gasteiger partial charge on any atom is 0.308 e. The Kier molecular flexibility index (Phi) is 5.50. The molecular formula is C22H28N2O2. The van der Waals surface area contributed by atoms with Crippen LogP contribution in [0, 0.1) is 5.92 Å². The van der Waals surface area contributed by atoms with Crippen LogP contribution in [0.2, 0.25) is 0 Å². The minimum absolute atomic E-state index is 0.00256. The van der Waals surface area contributed by atoms with E-state index < -0.39 is 0 Å². The molecule has 4 heteroatoms. The number of anilines is 2. The molecule has 0 saturated heterocycles. The Bertz CT molecular complexity index is 682. The molecule has 3 rings (SSSR count). The number of hydrogen-bond acceptors (Lipinski definition) is 4. The van der Waals surface area contributed by atoms with E-state index in [-0.39, 0.29) is 17.3 Å². The summed E-state index contributed by atoms with van der Waals surface area (Å²) in [4.78, 5) is 12.3. The molecule has 4 nitrogen and oxygen atoms in total. The van der Waals surface area contributed by atoms with E-state index in [2.05, 4.69) is 24.3 Å². The molecule has 1 aliphatic rings.